The Labute approximate surface area is 137 Å². The SMILES string of the molecule is NC(=NCC1CN2CCN1CC2)NC1CCOc2ccccc21. The fraction of sp³-hybridized carbons (Fsp3) is 0.588. The zero-order chi connectivity index (χ0) is 15.6. The molecule has 3 N–H and O–H groups in total. The monoisotopic (exact) mass is 315 g/mol. The summed E-state index contributed by atoms with van der Waals surface area (Å²) >= 11 is 0. The topological polar surface area (TPSA) is 66.1 Å². The fourth-order valence-electron chi connectivity index (χ4n) is 3.82. The molecule has 124 valence electrons. The number of benzene rings is 1. The van der Waals surface area contributed by atoms with Crippen LogP contribution in [-0.4, -0.2) is 67.7 Å². The van der Waals surface area contributed by atoms with E-state index in [0.29, 0.717) is 18.6 Å². The van der Waals surface area contributed by atoms with Gasteiger partial charge in [0, 0.05) is 50.7 Å². The van der Waals surface area contributed by atoms with Crippen LogP contribution in [0.2, 0.25) is 0 Å². The van der Waals surface area contributed by atoms with Gasteiger partial charge in [0.25, 0.3) is 0 Å². The van der Waals surface area contributed by atoms with Gasteiger partial charge in [-0.2, -0.15) is 0 Å². The molecule has 0 spiro atoms. The highest BCUT2D eigenvalue weighted by atomic mass is 16.5. The predicted molar refractivity (Wildman–Crippen MR) is 90.7 cm³/mol. The summed E-state index contributed by atoms with van der Waals surface area (Å²) in [5, 5.41) is 3.37. The quantitative estimate of drug-likeness (QED) is 0.625. The van der Waals surface area contributed by atoms with Crippen LogP contribution in [0.5, 0.6) is 5.75 Å². The van der Waals surface area contributed by atoms with Crippen molar-refractivity contribution >= 4 is 5.96 Å². The van der Waals surface area contributed by atoms with Gasteiger partial charge in [0.15, 0.2) is 5.96 Å². The van der Waals surface area contributed by atoms with Crippen LogP contribution in [0.3, 0.4) is 0 Å². The summed E-state index contributed by atoms with van der Waals surface area (Å²) in [5.74, 6) is 1.50. The number of aliphatic imine (C=N–C) groups is 1. The first kappa shape index (κ1) is 14.8. The van der Waals surface area contributed by atoms with E-state index in [1.54, 1.807) is 0 Å². The van der Waals surface area contributed by atoms with Crippen LogP contribution in [0.4, 0.5) is 0 Å². The smallest absolute Gasteiger partial charge is 0.189 e. The lowest BCUT2D eigenvalue weighted by atomic mass is 10.0. The number of nitrogens with zero attached hydrogens (tertiary/aromatic N) is 3. The van der Waals surface area contributed by atoms with Gasteiger partial charge in [-0.1, -0.05) is 18.2 Å². The molecule has 0 aliphatic carbocycles. The minimum Gasteiger partial charge on any atom is -0.493 e. The van der Waals surface area contributed by atoms with Crippen LogP contribution in [0.15, 0.2) is 29.3 Å². The number of rotatable bonds is 3. The summed E-state index contributed by atoms with van der Waals surface area (Å²) in [5.41, 5.74) is 7.31. The van der Waals surface area contributed by atoms with Gasteiger partial charge in [-0.25, -0.2) is 0 Å². The Morgan fingerprint density at radius 2 is 2.09 bits per heavy atom. The third kappa shape index (κ3) is 3.14. The molecule has 3 fully saturated rings. The van der Waals surface area contributed by atoms with Gasteiger partial charge in [0.05, 0.1) is 19.2 Å². The first-order valence-corrected chi connectivity index (χ1v) is 8.54. The molecule has 4 heterocycles. The lowest BCUT2D eigenvalue weighted by molar-refractivity contribution is 0.0174. The maximum Gasteiger partial charge on any atom is 0.189 e. The highest BCUT2D eigenvalue weighted by molar-refractivity contribution is 5.78. The van der Waals surface area contributed by atoms with Crippen molar-refractivity contribution in [3.8, 4) is 5.75 Å². The molecule has 0 amide bonds. The van der Waals surface area contributed by atoms with Gasteiger partial charge >= 0.3 is 0 Å². The Morgan fingerprint density at radius 1 is 1.26 bits per heavy atom. The van der Waals surface area contributed by atoms with Crippen molar-refractivity contribution < 1.29 is 4.74 Å². The van der Waals surface area contributed by atoms with Gasteiger partial charge in [-0.3, -0.25) is 14.8 Å². The van der Waals surface area contributed by atoms with E-state index in [-0.39, 0.29) is 6.04 Å². The lowest BCUT2D eigenvalue weighted by Crippen LogP contribution is -2.61. The van der Waals surface area contributed by atoms with Crippen molar-refractivity contribution in [1.29, 1.82) is 0 Å². The van der Waals surface area contributed by atoms with E-state index in [0.717, 1.165) is 25.3 Å². The third-order valence-corrected chi connectivity index (χ3v) is 5.15. The Hall–Kier alpha value is -1.79. The number of piperazine rings is 3. The molecule has 1 aromatic carbocycles. The molecule has 1 aromatic rings. The maximum atomic E-state index is 6.14. The van der Waals surface area contributed by atoms with Crippen LogP contribution in [0.1, 0.15) is 18.0 Å². The zero-order valence-corrected chi connectivity index (χ0v) is 13.4. The minimum atomic E-state index is 0.190. The van der Waals surface area contributed by atoms with Crippen LogP contribution in [0, 0.1) is 0 Å². The van der Waals surface area contributed by atoms with E-state index in [1.165, 1.54) is 31.7 Å². The van der Waals surface area contributed by atoms with Gasteiger partial charge in [-0.05, 0) is 6.07 Å². The normalized spacial score (nSPS) is 33.0. The molecular formula is C17H25N5O. The molecule has 3 saturated heterocycles. The molecule has 6 nitrogen and oxygen atoms in total. The Morgan fingerprint density at radius 3 is 2.87 bits per heavy atom. The largest absolute Gasteiger partial charge is 0.493 e. The second-order valence-corrected chi connectivity index (χ2v) is 6.59. The summed E-state index contributed by atoms with van der Waals surface area (Å²) in [7, 11) is 0. The van der Waals surface area contributed by atoms with Crippen molar-refractivity contribution in [2.24, 2.45) is 10.7 Å². The molecule has 2 unspecified atom stereocenters. The number of para-hydroxylation sites is 1. The molecule has 0 radical (unpaired) electrons. The van der Waals surface area contributed by atoms with E-state index in [2.05, 4.69) is 26.2 Å². The van der Waals surface area contributed by atoms with Crippen molar-refractivity contribution in [1.82, 2.24) is 15.1 Å². The van der Waals surface area contributed by atoms with E-state index in [4.69, 9.17) is 10.5 Å². The molecule has 0 aromatic heterocycles. The number of nitrogens with two attached hydrogens (primary N) is 1. The molecule has 4 aliphatic heterocycles. The van der Waals surface area contributed by atoms with Gasteiger partial charge < -0.3 is 15.8 Å². The summed E-state index contributed by atoms with van der Waals surface area (Å²) in [4.78, 5) is 9.68. The fourth-order valence-corrected chi connectivity index (χ4v) is 3.82. The number of guanidine groups is 1. The highest BCUT2D eigenvalue weighted by Crippen LogP contribution is 2.31. The average molecular weight is 315 g/mol. The summed E-state index contributed by atoms with van der Waals surface area (Å²) in [6.07, 6.45) is 0.913. The Kier molecular flexibility index (Phi) is 4.10. The van der Waals surface area contributed by atoms with Crippen molar-refractivity contribution in [2.45, 2.75) is 18.5 Å². The van der Waals surface area contributed by atoms with Gasteiger partial charge in [0.1, 0.15) is 5.75 Å². The Balaban J connectivity index is 1.37. The molecule has 2 bridgehead atoms. The Bertz CT molecular complexity index is 582. The molecule has 5 rings (SSSR count). The molecule has 4 aliphatic rings. The number of hydrogen-bond donors (Lipinski definition) is 2. The van der Waals surface area contributed by atoms with E-state index < -0.39 is 0 Å². The number of hydrogen-bond acceptors (Lipinski definition) is 4. The first-order valence-electron chi connectivity index (χ1n) is 8.54. The summed E-state index contributed by atoms with van der Waals surface area (Å²) in [6, 6.07) is 8.85. The summed E-state index contributed by atoms with van der Waals surface area (Å²) < 4.78 is 5.69. The van der Waals surface area contributed by atoms with Crippen LogP contribution in [0.25, 0.3) is 0 Å². The van der Waals surface area contributed by atoms with E-state index in [1.807, 2.05) is 18.2 Å². The highest BCUT2D eigenvalue weighted by Gasteiger charge is 2.31. The van der Waals surface area contributed by atoms with Crippen LogP contribution in [-0.2, 0) is 0 Å². The first-order chi connectivity index (χ1) is 11.3. The standard InChI is InChI=1S/C17H25N5O/c18-17(19-11-13-12-21-6-8-22(13)9-7-21)20-15-5-10-23-16-4-2-1-3-14(15)16/h1-4,13,15H,5-12H2,(H3,18,19,20). The van der Waals surface area contributed by atoms with E-state index in [9.17, 15) is 0 Å². The van der Waals surface area contributed by atoms with Crippen molar-refractivity contribution in [2.75, 3.05) is 45.9 Å². The molecule has 6 heteroatoms. The number of fused-ring (bicyclic) bond motifs is 4. The molecule has 23 heavy (non-hydrogen) atoms. The van der Waals surface area contributed by atoms with Crippen LogP contribution < -0.4 is 15.8 Å². The number of nitrogens with one attached hydrogen (secondary N) is 1. The minimum absolute atomic E-state index is 0.190. The summed E-state index contributed by atoms with van der Waals surface area (Å²) in [6.45, 7) is 7.35. The zero-order valence-electron chi connectivity index (χ0n) is 13.4. The van der Waals surface area contributed by atoms with Gasteiger partial charge in [0.2, 0.25) is 0 Å². The van der Waals surface area contributed by atoms with Crippen molar-refractivity contribution in [3.05, 3.63) is 29.8 Å². The third-order valence-electron chi connectivity index (χ3n) is 5.15. The van der Waals surface area contributed by atoms with Crippen LogP contribution >= 0.6 is 0 Å². The average Bonchev–Trinajstić information content (AvgIpc) is 2.61. The molecule has 2 atom stereocenters. The second kappa shape index (κ2) is 6.37. The molecular weight excluding hydrogens is 290 g/mol. The van der Waals surface area contributed by atoms with Gasteiger partial charge in [-0.15, -0.1) is 0 Å². The van der Waals surface area contributed by atoms with E-state index >= 15 is 0 Å². The second-order valence-electron chi connectivity index (χ2n) is 6.59. The maximum absolute atomic E-state index is 6.14. The predicted octanol–water partition coefficient (Wildman–Crippen LogP) is 0.414. The molecule has 0 saturated carbocycles. The van der Waals surface area contributed by atoms with Crippen molar-refractivity contribution in [3.63, 3.8) is 0 Å². The number of ether oxygens (including phenoxy) is 1. The lowest BCUT2D eigenvalue weighted by Gasteiger charge is -2.47.